The van der Waals surface area contributed by atoms with Gasteiger partial charge in [0.1, 0.15) is 6.61 Å². The van der Waals surface area contributed by atoms with Crippen molar-refractivity contribution in [2.45, 2.75) is 42.5 Å². The number of piperidine rings is 1. The third kappa shape index (κ3) is 4.77. The lowest BCUT2D eigenvalue weighted by Crippen LogP contribution is -2.61. The molecule has 3 fully saturated rings. The van der Waals surface area contributed by atoms with Crippen molar-refractivity contribution in [2.75, 3.05) is 32.8 Å². The van der Waals surface area contributed by atoms with E-state index >= 15 is 0 Å². The Balaban J connectivity index is 1.60. The smallest absolute Gasteiger partial charge is 0.367 e. The number of ether oxygens (including phenoxy) is 1. The number of rotatable bonds is 4. The molecule has 1 amide bonds. The molecule has 0 aromatic carbocycles. The van der Waals surface area contributed by atoms with Crippen LogP contribution < -0.4 is 27.1 Å². The van der Waals surface area contributed by atoms with Gasteiger partial charge in [-0.15, -0.1) is 11.6 Å². The van der Waals surface area contributed by atoms with Gasteiger partial charge >= 0.3 is 6.18 Å². The number of alkyl halides is 4. The number of carbonyl (C=O) groups excluding carboxylic acids is 1. The monoisotopic (exact) mass is 400 g/mol. The maximum absolute atomic E-state index is 12.8. The fourth-order valence-electron chi connectivity index (χ4n) is 3.64. The summed E-state index contributed by atoms with van der Waals surface area (Å²) in [6.07, 6.45) is -5.64. The molecule has 0 aromatic rings. The quantitative estimate of drug-likeness (QED) is 0.372. The van der Waals surface area contributed by atoms with Crippen molar-refractivity contribution >= 4 is 17.5 Å². The maximum Gasteiger partial charge on any atom is 0.411 e. The molecule has 0 aromatic heterocycles. The molecule has 0 spiro atoms. The molecule has 3 aliphatic rings. The van der Waals surface area contributed by atoms with Crippen LogP contribution in [0.25, 0.3) is 0 Å². The van der Waals surface area contributed by atoms with Crippen LogP contribution in [0.5, 0.6) is 0 Å². The highest BCUT2D eigenvalue weighted by atomic mass is 35.5. The number of hydrogen-bond donors (Lipinski definition) is 5. The number of carbonyl (C=O) groups is 1. The molecule has 3 rings (SSSR count). The highest BCUT2D eigenvalue weighted by Gasteiger charge is 2.47. The number of nitrogens with one attached hydrogen (secondary N) is 4. The molecule has 3 saturated heterocycles. The van der Waals surface area contributed by atoms with Crippen molar-refractivity contribution in [2.24, 2.45) is 11.7 Å². The van der Waals surface area contributed by atoms with Crippen LogP contribution in [0.15, 0.2) is 0 Å². The van der Waals surface area contributed by atoms with Gasteiger partial charge in [0.2, 0.25) is 5.91 Å². The fraction of sp³-hybridized carbons (Fsp3) is 0.929. The molecule has 0 saturated carbocycles. The van der Waals surface area contributed by atoms with E-state index in [0.717, 1.165) is 0 Å². The summed E-state index contributed by atoms with van der Waals surface area (Å²) in [7, 11) is 0. The van der Waals surface area contributed by atoms with Crippen molar-refractivity contribution < 1.29 is 22.7 Å². The normalized spacial score (nSPS) is 38.8. The summed E-state index contributed by atoms with van der Waals surface area (Å²) < 4.78 is 42.3. The zero-order valence-electron chi connectivity index (χ0n) is 14.1. The average Bonchev–Trinajstić information content (AvgIpc) is 2.88. The Hall–Kier alpha value is -0.690. The van der Waals surface area contributed by atoms with Gasteiger partial charge in [-0.25, -0.2) is 10.4 Å². The van der Waals surface area contributed by atoms with Crippen LogP contribution in [0.4, 0.5) is 13.2 Å². The Morgan fingerprint density at radius 2 is 2.15 bits per heavy atom. The van der Waals surface area contributed by atoms with E-state index in [2.05, 4.69) is 21.4 Å². The first-order valence-electron chi connectivity index (χ1n) is 8.60. The van der Waals surface area contributed by atoms with Crippen LogP contribution in [0.2, 0.25) is 0 Å². The molecule has 0 aliphatic carbocycles. The van der Waals surface area contributed by atoms with Crippen molar-refractivity contribution in [1.29, 1.82) is 0 Å². The van der Waals surface area contributed by atoms with Crippen molar-refractivity contribution in [3.63, 3.8) is 0 Å². The topological polar surface area (TPSA) is 104 Å². The third-order valence-corrected chi connectivity index (χ3v) is 5.12. The molecule has 0 radical (unpaired) electrons. The van der Waals surface area contributed by atoms with Gasteiger partial charge in [0.05, 0.1) is 35.8 Å². The summed E-state index contributed by atoms with van der Waals surface area (Å²) in [5.41, 5.74) is 9.07. The second-order valence-electron chi connectivity index (χ2n) is 6.86. The van der Waals surface area contributed by atoms with Crippen molar-refractivity contribution in [1.82, 2.24) is 26.4 Å². The van der Waals surface area contributed by atoms with E-state index in [4.69, 9.17) is 22.1 Å². The number of amides is 1. The predicted molar refractivity (Wildman–Crippen MR) is 88.0 cm³/mol. The Morgan fingerprint density at radius 1 is 1.38 bits per heavy atom. The number of hydrogen-bond acceptors (Lipinski definition) is 7. The summed E-state index contributed by atoms with van der Waals surface area (Å²) in [6.45, 7) is 0.634. The zero-order chi connectivity index (χ0) is 18.9. The minimum absolute atomic E-state index is 0.101. The van der Waals surface area contributed by atoms with E-state index in [9.17, 15) is 18.0 Å². The third-order valence-electron chi connectivity index (χ3n) is 4.83. The van der Waals surface area contributed by atoms with Gasteiger partial charge in [0, 0.05) is 19.6 Å². The number of fused-ring (bicyclic) bond motifs is 1. The van der Waals surface area contributed by atoms with Gasteiger partial charge < -0.3 is 21.1 Å². The molecule has 26 heavy (non-hydrogen) atoms. The van der Waals surface area contributed by atoms with Crippen LogP contribution in [0, 0.1) is 5.92 Å². The first kappa shape index (κ1) is 20.1. The van der Waals surface area contributed by atoms with E-state index < -0.39 is 37.0 Å². The Morgan fingerprint density at radius 3 is 2.88 bits per heavy atom. The number of nitrogens with two attached hydrogens (primary N) is 1. The molecule has 0 bridgehead atoms. The van der Waals surface area contributed by atoms with E-state index in [-0.39, 0.29) is 17.5 Å². The number of hydrazine groups is 1. The minimum atomic E-state index is -4.40. The van der Waals surface area contributed by atoms with Gasteiger partial charge in [0.25, 0.3) is 0 Å². The Kier molecular flexibility index (Phi) is 6.27. The standard InChI is InChI=1S/C14H24ClF3N6O2/c15-7-3-21-12-10(11(19)23-24(12)5-7)13(25)22-8-4-20-2-1-9(8)26-6-14(16,17)18/h7-12,20-21,23H,1-6,19H2,(H,22,25). The van der Waals surface area contributed by atoms with E-state index in [1.54, 1.807) is 5.01 Å². The molecular formula is C14H24ClF3N6O2. The van der Waals surface area contributed by atoms with E-state index in [1.165, 1.54) is 0 Å². The van der Waals surface area contributed by atoms with Gasteiger partial charge in [0.15, 0.2) is 0 Å². The van der Waals surface area contributed by atoms with Crippen LogP contribution >= 0.6 is 11.6 Å². The Bertz CT molecular complexity index is 514. The summed E-state index contributed by atoms with van der Waals surface area (Å²) >= 11 is 6.10. The first-order valence-corrected chi connectivity index (χ1v) is 9.03. The molecule has 6 atom stereocenters. The van der Waals surface area contributed by atoms with Crippen LogP contribution in [0.1, 0.15) is 6.42 Å². The highest BCUT2D eigenvalue weighted by molar-refractivity contribution is 6.21. The second kappa shape index (κ2) is 8.13. The van der Waals surface area contributed by atoms with Crippen LogP contribution in [-0.4, -0.2) is 79.7 Å². The van der Waals surface area contributed by atoms with Gasteiger partial charge in [-0.3, -0.25) is 10.1 Å². The lowest BCUT2D eigenvalue weighted by atomic mass is 9.99. The lowest BCUT2D eigenvalue weighted by molar-refractivity contribution is -0.190. The van der Waals surface area contributed by atoms with Gasteiger partial charge in [-0.05, 0) is 13.0 Å². The average molecular weight is 401 g/mol. The summed E-state index contributed by atoms with van der Waals surface area (Å²) in [6, 6.07) is -0.552. The second-order valence-corrected chi connectivity index (χ2v) is 7.47. The fourth-order valence-corrected chi connectivity index (χ4v) is 3.88. The molecule has 8 nitrogen and oxygen atoms in total. The molecule has 6 N–H and O–H groups in total. The largest absolute Gasteiger partial charge is 0.411 e. The molecule has 3 heterocycles. The van der Waals surface area contributed by atoms with E-state index in [1.807, 2.05) is 0 Å². The molecule has 150 valence electrons. The van der Waals surface area contributed by atoms with Gasteiger partial charge in [-0.1, -0.05) is 0 Å². The predicted octanol–water partition coefficient (Wildman–Crippen LogP) is -1.33. The zero-order valence-corrected chi connectivity index (χ0v) is 14.8. The van der Waals surface area contributed by atoms with Crippen molar-refractivity contribution in [3.05, 3.63) is 0 Å². The van der Waals surface area contributed by atoms with Crippen molar-refractivity contribution in [3.8, 4) is 0 Å². The molecular weight excluding hydrogens is 377 g/mol. The minimum Gasteiger partial charge on any atom is -0.367 e. The molecule has 6 unspecified atom stereocenters. The van der Waals surface area contributed by atoms with Crippen LogP contribution in [0.3, 0.4) is 0 Å². The lowest BCUT2D eigenvalue weighted by Gasteiger charge is -2.36. The SMILES string of the molecule is NC1NN2CC(Cl)CNC2C1C(=O)NC1CNCCC1OCC(F)(F)F. The number of halogens is 4. The summed E-state index contributed by atoms with van der Waals surface area (Å²) in [4.78, 5) is 12.8. The first-order chi connectivity index (χ1) is 12.2. The summed E-state index contributed by atoms with van der Waals surface area (Å²) in [5, 5.41) is 10.8. The summed E-state index contributed by atoms with van der Waals surface area (Å²) in [5.74, 6) is -0.920. The van der Waals surface area contributed by atoms with E-state index in [0.29, 0.717) is 32.6 Å². The number of nitrogens with zero attached hydrogens (tertiary/aromatic N) is 1. The highest BCUT2D eigenvalue weighted by Crippen LogP contribution is 2.23. The maximum atomic E-state index is 12.8. The van der Waals surface area contributed by atoms with Crippen LogP contribution in [-0.2, 0) is 9.53 Å². The molecule has 3 aliphatic heterocycles. The van der Waals surface area contributed by atoms with Gasteiger partial charge in [-0.2, -0.15) is 13.2 Å². The molecule has 12 heteroatoms. The Labute approximate surface area is 154 Å².